The Bertz CT molecular complexity index is 229. The molecule has 7 heteroatoms. The highest BCUT2D eigenvalue weighted by atomic mass is 35.5. The lowest BCUT2D eigenvalue weighted by atomic mass is 10.1. The Morgan fingerprint density at radius 3 is 2.69 bits per heavy atom. The van der Waals surface area contributed by atoms with E-state index < -0.39 is 36.7 Å². The molecule has 0 radical (unpaired) electrons. The van der Waals surface area contributed by atoms with Gasteiger partial charge in [-0.05, 0) is 0 Å². The molecule has 2 N–H and O–H groups in total. The van der Waals surface area contributed by atoms with Crippen molar-refractivity contribution in [3.8, 4) is 0 Å². The minimum atomic E-state index is -1.38. The number of carbonyl (C=O) groups excluding carboxylic acids is 2. The predicted octanol–water partition coefficient (Wildman–Crippen LogP) is -1.63. The van der Waals surface area contributed by atoms with Gasteiger partial charge in [-0.15, -0.1) is 0 Å². The van der Waals surface area contributed by atoms with Crippen molar-refractivity contribution in [3.05, 3.63) is 0 Å². The van der Waals surface area contributed by atoms with Crippen molar-refractivity contribution in [2.45, 2.75) is 18.3 Å². The van der Waals surface area contributed by atoms with Gasteiger partial charge >= 0.3 is 5.97 Å². The number of halogens is 1. The summed E-state index contributed by atoms with van der Waals surface area (Å²) < 4.78 is 8.56. The number of aliphatic hydroxyl groups is 2. The van der Waals surface area contributed by atoms with E-state index in [1.54, 1.807) is 0 Å². The molecule has 0 aliphatic carbocycles. The second-order valence-corrected chi connectivity index (χ2v) is 2.67. The van der Waals surface area contributed by atoms with Gasteiger partial charge in [-0.1, -0.05) is 0 Å². The molecule has 13 heavy (non-hydrogen) atoms. The second-order valence-electron chi connectivity index (χ2n) is 2.49. The largest absolute Gasteiger partial charge is 0.450 e. The summed E-state index contributed by atoms with van der Waals surface area (Å²) in [5.41, 5.74) is 0. The molecule has 3 atom stereocenters. The number of rotatable bonds is 3. The van der Waals surface area contributed by atoms with E-state index in [1.165, 1.54) is 0 Å². The number of cyclic esters (lactones) is 1. The lowest BCUT2D eigenvalue weighted by Gasteiger charge is -2.17. The Kier molecular flexibility index (Phi) is 3.21. The molecular formula is C6H7ClO6. The molecule has 6 nitrogen and oxygen atoms in total. The number of carbonyl (C=O) groups is 2. The molecule has 0 aromatic heterocycles. The van der Waals surface area contributed by atoms with Crippen LogP contribution in [0.25, 0.3) is 0 Å². The topological polar surface area (TPSA) is 93.1 Å². The van der Waals surface area contributed by atoms with Gasteiger partial charge in [0.1, 0.15) is 6.10 Å². The van der Waals surface area contributed by atoms with Gasteiger partial charge < -0.3 is 14.9 Å². The van der Waals surface area contributed by atoms with Crippen molar-refractivity contribution in [3.63, 3.8) is 0 Å². The van der Waals surface area contributed by atoms with Gasteiger partial charge in [0, 0.05) is 0 Å². The summed E-state index contributed by atoms with van der Waals surface area (Å²) in [7, 11) is 0. The Balaban J connectivity index is 2.76. The van der Waals surface area contributed by atoms with Crippen LogP contribution in [0.4, 0.5) is 0 Å². The van der Waals surface area contributed by atoms with E-state index in [2.05, 4.69) is 9.03 Å². The minimum absolute atomic E-state index is 0.651. The zero-order valence-electron chi connectivity index (χ0n) is 6.34. The van der Waals surface area contributed by atoms with E-state index in [-0.39, 0.29) is 0 Å². The summed E-state index contributed by atoms with van der Waals surface area (Å²) in [6, 6.07) is 0. The maximum absolute atomic E-state index is 10.9. The smallest absolute Gasteiger partial charge is 0.378 e. The zero-order valence-corrected chi connectivity index (χ0v) is 7.10. The van der Waals surface area contributed by atoms with Crippen LogP contribution in [0, 0.1) is 0 Å². The number of hydrogen-bond acceptors (Lipinski definition) is 6. The fourth-order valence-corrected chi connectivity index (χ4v) is 1.17. The molecule has 1 fully saturated rings. The highest BCUT2D eigenvalue weighted by Crippen LogP contribution is 2.19. The van der Waals surface area contributed by atoms with Crippen molar-refractivity contribution < 1.29 is 28.8 Å². The molecule has 1 rings (SSSR count). The Morgan fingerprint density at radius 2 is 2.23 bits per heavy atom. The van der Waals surface area contributed by atoms with Gasteiger partial charge in [0.15, 0.2) is 12.2 Å². The monoisotopic (exact) mass is 210 g/mol. The van der Waals surface area contributed by atoms with Crippen LogP contribution in [0.1, 0.15) is 0 Å². The number of ether oxygens (including phenoxy) is 1. The first kappa shape index (κ1) is 10.4. The molecule has 1 heterocycles. The fraction of sp³-hybridized carbons (Fsp3) is 0.667. The zero-order chi connectivity index (χ0) is 10.0. The normalized spacial score (nSPS) is 30.4. The standard InChI is InChI=1S/C6H7ClO6/c7-13-5-3(10)6(11)12-4(5)2(9)1-8/h2,4-5,8-9H,1H2/t2-,4+,5?/m0/s1. The molecule has 1 saturated heterocycles. The van der Waals surface area contributed by atoms with E-state index in [9.17, 15) is 9.59 Å². The van der Waals surface area contributed by atoms with Gasteiger partial charge in [-0.2, -0.15) is 0 Å². The van der Waals surface area contributed by atoms with Crippen molar-refractivity contribution in [2.24, 2.45) is 0 Å². The van der Waals surface area contributed by atoms with Crippen molar-refractivity contribution in [1.82, 2.24) is 0 Å². The van der Waals surface area contributed by atoms with E-state index >= 15 is 0 Å². The van der Waals surface area contributed by atoms with Gasteiger partial charge in [-0.3, -0.25) is 9.08 Å². The summed E-state index contributed by atoms with van der Waals surface area (Å²) in [6.45, 7) is -0.651. The van der Waals surface area contributed by atoms with Crippen LogP contribution in [0.2, 0.25) is 0 Å². The molecule has 0 saturated carbocycles. The first-order valence-corrected chi connectivity index (χ1v) is 3.73. The number of hydrogen-bond donors (Lipinski definition) is 2. The minimum Gasteiger partial charge on any atom is -0.450 e. The summed E-state index contributed by atoms with van der Waals surface area (Å²) in [5, 5.41) is 17.6. The Labute approximate surface area is 78.2 Å². The molecule has 1 unspecified atom stereocenters. The van der Waals surface area contributed by atoms with Crippen LogP contribution in [0.3, 0.4) is 0 Å². The predicted molar refractivity (Wildman–Crippen MR) is 38.7 cm³/mol. The van der Waals surface area contributed by atoms with Crippen molar-refractivity contribution in [2.75, 3.05) is 6.61 Å². The molecule has 0 spiro atoms. The van der Waals surface area contributed by atoms with Crippen molar-refractivity contribution in [1.29, 1.82) is 0 Å². The van der Waals surface area contributed by atoms with Gasteiger partial charge in [-0.25, -0.2) is 4.79 Å². The maximum Gasteiger partial charge on any atom is 0.378 e. The quantitative estimate of drug-likeness (QED) is 0.429. The third kappa shape index (κ3) is 1.80. The van der Waals surface area contributed by atoms with E-state index in [0.717, 1.165) is 0 Å². The van der Waals surface area contributed by atoms with Crippen LogP contribution in [-0.2, 0) is 18.6 Å². The average Bonchev–Trinajstić information content (AvgIpc) is 2.42. The van der Waals surface area contributed by atoms with E-state index in [0.29, 0.717) is 0 Å². The lowest BCUT2D eigenvalue weighted by Crippen LogP contribution is -2.39. The molecule has 0 aromatic rings. The van der Waals surface area contributed by atoms with Crippen LogP contribution < -0.4 is 0 Å². The summed E-state index contributed by atoms with van der Waals surface area (Å²) in [4.78, 5) is 21.6. The second kappa shape index (κ2) is 4.01. The van der Waals surface area contributed by atoms with Crippen LogP contribution in [0.5, 0.6) is 0 Å². The molecule has 0 bridgehead atoms. The Hall–Kier alpha value is -0.690. The molecular weight excluding hydrogens is 204 g/mol. The third-order valence-electron chi connectivity index (χ3n) is 1.66. The third-order valence-corrected chi connectivity index (χ3v) is 1.86. The van der Waals surface area contributed by atoms with Crippen molar-refractivity contribution >= 4 is 23.6 Å². The van der Waals surface area contributed by atoms with Crippen LogP contribution in [-0.4, -0.2) is 46.9 Å². The SMILES string of the molecule is O=C1O[C@H]([C@@H](O)CO)C(OCl)C1=O. The molecule has 0 aromatic carbocycles. The highest BCUT2D eigenvalue weighted by molar-refractivity contribution is 6.38. The van der Waals surface area contributed by atoms with E-state index in [1.807, 2.05) is 0 Å². The summed E-state index contributed by atoms with van der Waals surface area (Å²) >= 11 is 4.92. The first-order valence-electron chi connectivity index (χ1n) is 3.43. The molecule has 1 aliphatic rings. The number of Topliss-reactive ketones (excluding diaryl/α,β-unsaturated/α-hetero) is 1. The molecule has 74 valence electrons. The summed E-state index contributed by atoms with van der Waals surface area (Å²) in [6.07, 6.45) is -3.96. The highest BCUT2D eigenvalue weighted by Gasteiger charge is 2.48. The first-order chi connectivity index (χ1) is 6.11. The Morgan fingerprint density at radius 1 is 1.62 bits per heavy atom. The van der Waals surface area contributed by atoms with Gasteiger partial charge in [0.2, 0.25) is 0 Å². The number of aliphatic hydroxyl groups excluding tert-OH is 2. The van der Waals surface area contributed by atoms with Gasteiger partial charge in [0.05, 0.1) is 18.5 Å². The maximum atomic E-state index is 10.9. The summed E-state index contributed by atoms with van der Waals surface area (Å²) in [5.74, 6) is -2.09. The van der Waals surface area contributed by atoms with Crippen LogP contribution >= 0.6 is 11.9 Å². The van der Waals surface area contributed by atoms with E-state index in [4.69, 9.17) is 22.1 Å². The number of ketones is 1. The molecule has 0 amide bonds. The van der Waals surface area contributed by atoms with Gasteiger partial charge in [0.25, 0.3) is 5.78 Å². The van der Waals surface area contributed by atoms with Crippen LogP contribution in [0.15, 0.2) is 0 Å². The lowest BCUT2D eigenvalue weighted by molar-refractivity contribution is -0.151. The number of esters is 1. The average molecular weight is 211 g/mol. The molecule has 1 aliphatic heterocycles. The fourth-order valence-electron chi connectivity index (χ4n) is 0.984.